The minimum absolute atomic E-state index is 0.255. The molecule has 21 heavy (non-hydrogen) atoms. The molecule has 0 unspecified atom stereocenters. The van der Waals surface area contributed by atoms with Gasteiger partial charge in [0.15, 0.2) is 8.65 Å². The Balaban J connectivity index is 2.71. The van der Waals surface area contributed by atoms with E-state index in [1.54, 1.807) is 13.8 Å². The molecule has 0 spiro atoms. The number of carbonyl (C=O) groups excluding carboxylic acids is 2. The van der Waals surface area contributed by atoms with Crippen molar-refractivity contribution < 1.29 is 28.5 Å². The summed E-state index contributed by atoms with van der Waals surface area (Å²) < 4.78 is 18.8. The van der Waals surface area contributed by atoms with Gasteiger partial charge in [0.2, 0.25) is 5.79 Å². The second-order valence-corrected chi connectivity index (χ2v) is 8.38. The van der Waals surface area contributed by atoms with E-state index in [9.17, 15) is 9.59 Å². The lowest BCUT2D eigenvalue weighted by Gasteiger charge is -2.43. The lowest BCUT2D eigenvalue weighted by atomic mass is 9.84. The van der Waals surface area contributed by atoms with Gasteiger partial charge in [0, 0.05) is 20.1 Å². The minimum atomic E-state index is -1.59. The lowest BCUT2D eigenvalue weighted by molar-refractivity contribution is -0.233. The molecule has 0 N–H and O–H groups in total. The number of hydrogen-bond acceptors (Lipinski definition) is 6. The third kappa shape index (κ3) is 1.76. The Morgan fingerprint density at radius 1 is 1.24 bits per heavy atom. The SMILES string of the molecule is COC(=O)[C@]1(Br)C[C@@H]2C(C)(C)OC(=O)[C@]2(Br)C1(OC)OC. The lowest BCUT2D eigenvalue weighted by Crippen LogP contribution is -2.65. The van der Waals surface area contributed by atoms with Gasteiger partial charge in [-0.1, -0.05) is 31.9 Å². The summed E-state index contributed by atoms with van der Waals surface area (Å²) in [4.78, 5) is 24.9. The Hall–Kier alpha value is -0.180. The molecule has 1 saturated heterocycles. The normalized spacial score (nSPS) is 39.8. The minimum Gasteiger partial charge on any atom is -0.468 e. The van der Waals surface area contributed by atoms with Gasteiger partial charge < -0.3 is 18.9 Å². The van der Waals surface area contributed by atoms with Gasteiger partial charge in [0.1, 0.15) is 5.60 Å². The third-order valence-electron chi connectivity index (χ3n) is 4.54. The number of hydrogen-bond donors (Lipinski definition) is 0. The molecule has 8 heteroatoms. The van der Waals surface area contributed by atoms with Crippen molar-refractivity contribution in [2.24, 2.45) is 5.92 Å². The number of alkyl halides is 2. The number of halogens is 2. The molecule has 0 aromatic carbocycles. The van der Waals surface area contributed by atoms with Crippen LogP contribution in [0.2, 0.25) is 0 Å². The van der Waals surface area contributed by atoms with Crippen molar-refractivity contribution in [1.82, 2.24) is 0 Å². The van der Waals surface area contributed by atoms with Crippen molar-refractivity contribution in [3.63, 3.8) is 0 Å². The first-order chi connectivity index (χ1) is 9.57. The Morgan fingerprint density at radius 3 is 2.19 bits per heavy atom. The molecule has 6 nitrogen and oxygen atoms in total. The summed E-state index contributed by atoms with van der Waals surface area (Å²) in [6.07, 6.45) is 0.255. The number of rotatable bonds is 3. The van der Waals surface area contributed by atoms with E-state index >= 15 is 0 Å². The molecule has 2 rings (SSSR count). The van der Waals surface area contributed by atoms with Crippen LogP contribution in [0.25, 0.3) is 0 Å². The van der Waals surface area contributed by atoms with Crippen molar-refractivity contribution in [1.29, 1.82) is 0 Å². The first kappa shape index (κ1) is 17.2. The zero-order chi connectivity index (χ0) is 16.3. The zero-order valence-corrected chi connectivity index (χ0v) is 15.7. The summed E-state index contributed by atoms with van der Waals surface area (Å²) in [6.45, 7) is 3.59. The summed E-state index contributed by atoms with van der Waals surface area (Å²) in [7, 11) is 4.04. The second-order valence-electron chi connectivity index (χ2n) is 5.78. The summed E-state index contributed by atoms with van der Waals surface area (Å²) in [6, 6.07) is 0. The van der Waals surface area contributed by atoms with Crippen LogP contribution >= 0.6 is 31.9 Å². The van der Waals surface area contributed by atoms with Gasteiger partial charge in [-0.2, -0.15) is 0 Å². The first-order valence-electron chi connectivity index (χ1n) is 6.37. The van der Waals surface area contributed by atoms with E-state index < -0.39 is 32.0 Å². The van der Waals surface area contributed by atoms with Crippen molar-refractivity contribution in [2.45, 2.75) is 40.3 Å². The van der Waals surface area contributed by atoms with Crippen LogP contribution in [0.15, 0.2) is 0 Å². The average Bonchev–Trinajstić information content (AvgIpc) is 2.74. The molecule has 1 saturated carbocycles. The predicted octanol–water partition coefficient (Wildman–Crippen LogP) is 1.77. The molecule has 2 fully saturated rings. The van der Waals surface area contributed by atoms with Crippen LogP contribution in [0.5, 0.6) is 0 Å². The number of ether oxygens (including phenoxy) is 4. The standard InChI is InChI=1S/C13H18Br2O6/c1-10(2)7-6-11(14,8(16)18-3)13(19-4,20-5)12(7,15)9(17)21-10/h7H,6H2,1-5H3/t7-,11-,12+/m1/s1. The Bertz CT molecular complexity index is 489. The highest BCUT2D eigenvalue weighted by atomic mass is 79.9. The summed E-state index contributed by atoms with van der Waals surface area (Å²) >= 11 is 6.89. The van der Waals surface area contributed by atoms with Gasteiger partial charge in [0.25, 0.3) is 0 Å². The fourth-order valence-corrected chi connectivity index (χ4v) is 6.39. The molecular weight excluding hydrogens is 412 g/mol. The highest BCUT2D eigenvalue weighted by Crippen LogP contribution is 2.67. The Kier molecular flexibility index (Phi) is 4.01. The third-order valence-corrected chi connectivity index (χ3v) is 7.11. The van der Waals surface area contributed by atoms with E-state index in [4.69, 9.17) is 18.9 Å². The molecule has 1 heterocycles. The van der Waals surface area contributed by atoms with Crippen molar-refractivity contribution >= 4 is 43.8 Å². The van der Waals surface area contributed by atoms with Crippen LogP contribution in [0.1, 0.15) is 20.3 Å². The van der Waals surface area contributed by atoms with E-state index in [0.717, 1.165) is 0 Å². The van der Waals surface area contributed by atoms with Crippen LogP contribution in [0.4, 0.5) is 0 Å². The van der Waals surface area contributed by atoms with Crippen LogP contribution < -0.4 is 0 Å². The van der Waals surface area contributed by atoms with E-state index in [1.807, 2.05) is 0 Å². The fraction of sp³-hybridized carbons (Fsp3) is 0.846. The van der Waals surface area contributed by atoms with Gasteiger partial charge in [-0.15, -0.1) is 0 Å². The van der Waals surface area contributed by atoms with E-state index in [0.29, 0.717) is 0 Å². The maximum Gasteiger partial charge on any atom is 0.329 e. The molecule has 0 amide bonds. The average molecular weight is 430 g/mol. The first-order valence-corrected chi connectivity index (χ1v) is 7.96. The van der Waals surface area contributed by atoms with Gasteiger partial charge in [-0.3, -0.25) is 9.59 Å². The molecule has 120 valence electrons. The van der Waals surface area contributed by atoms with Crippen LogP contribution in [-0.2, 0) is 28.5 Å². The van der Waals surface area contributed by atoms with Crippen molar-refractivity contribution in [3.05, 3.63) is 0 Å². The molecule has 0 bridgehead atoms. The zero-order valence-electron chi connectivity index (χ0n) is 12.5. The summed E-state index contributed by atoms with van der Waals surface area (Å²) in [5.74, 6) is -3.03. The molecule has 3 atom stereocenters. The van der Waals surface area contributed by atoms with E-state index in [1.165, 1.54) is 21.3 Å². The number of fused-ring (bicyclic) bond motifs is 1. The highest BCUT2D eigenvalue weighted by Gasteiger charge is 2.84. The summed E-state index contributed by atoms with van der Waals surface area (Å²) in [5.41, 5.74) is -0.771. The van der Waals surface area contributed by atoms with Crippen LogP contribution in [0.3, 0.4) is 0 Å². The summed E-state index contributed by atoms with van der Waals surface area (Å²) in [5, 5.41) is 0. The predicted molar refractivity (Wildman–Crippen MR) is 80.4 cm³/mol. The fourth-order valence-electron chi connectivity index (χ4n) is 3.54. The smallest absolute Gasteiger partial charge is 0.329 e. The topological polar surface area (TPSA) is 71.1 Å². The van der Waals surface area contributed by atoms with Gasteiger partial charge in [-0.25, -0.2) is 0 Å². The van der Waals surface area contributed by atoms with Crippen molar-refractivity contribution in [3.8, 4) is 0 Å². The molecule has 0 aromatic heterocycles. The molecule has 2 aliphatic rings. The number of carbonyl (C=O) groups is 2. The monoisotopic (exact) mass is 428 g/mol. The Labute approximate surface area is 140 Å². The number of methoxy groups -OCH3 is 3. The quantitative estimate of drug-likeness (QED) is 0.387. The molecule has 1 aliphatic heterocycles. The van der Waals surface area contributed by atoms with E-state index in [2.05, 4.69) is 31.9 Å². The highest BCUT2D eigenvalue weighted by molar-refractivity contribution is 9.11. The number of esters is 2. The molecule has 1 aliphatic carbocycles. The van der Waals surface area contributed by atoms with Crippen molar-refractivity contribution in [2.75, 3.05) is 21.3 Å². The number of cyclic esters (lactones) is 1. The maximum absolute atomic E-state index is 12.5. The molecule has 0 aromatic rings. The molecular formula is C13H18Br2O6. The second kappa shape index (κ2) is 4.91. The van der Waals surface area contributed by atoms with Crippen LogP contribution in [-0.4, -0.2) is 53.3 Å². The van der Waals surface area contributed by atoms with Gasteiger partial charge in [-0.05, 0) is 20.3 Å². The maximum atomic E-state index is 12.5. The Morgan fingerprint density at radius 2 is 1.76 bits per heavy atom. The van der Waals surface area contributed by atoms with Gasteiger partial charge in [0.05, 0.1) is 7.11 Å². The largest absolute Gasteiger partial charge is 0.468 e. The molecule has 0 radical (unpaired) electrons. The van der Waals surface area contributed by atoms with Gasteiger partial charge >= 0.3 is 11.9 Å². The van der Waals surface area contributed by atoms with Crippen LogP contribution in [0, 0.1) is 5.92 Å². The van der Waals surface area contributed by atoms with E-state index in [-0.39, 0.29) is 12.3 Å².